The Morgan fingerprint density at radius 1 is 0.680 bits per heavy atom. The van der Waals surface area contributed by atoms with Gasteiger partial charge in [-0.1, -0.05) is 24.3 Å². The van der Waals surface area contributed by atoms with Crippen molar-refractivity contribution in [3.05, 3.63) is 80.9 Å². The van der Waals surface area contributed by atoms with Crippen molar-refractivity contribution in [1.29, 1.82) is 0 Å². The topological polar surface area (TPSA) is 43.4 Å². The monoisotopic (exact) mass is 346 g/mol. The highest BCUT2D eigenvalue weighted by Crippen LogP contribution is 2.59. The minimum atomic E-state index is -1.94. The number of ether oxygens (including phenoxy) is 1. The van der Waals surface area contributed by atoms with Crippen molar-refractivity contribution in [3.63, 3.8) is 0 Å². The number of hydrogen-bond donors (Lipinski definition) is 0. The van der Waals surface area contributed by atoms with Crippen LogP contribution < -0.4 is 0 Å². The summed E-state index contributed by atoms with van der Waals surface area (Å²) in [4.78, 5) is 24.2. The first-order valence-corrected chi connectivity index (χ1v) is 7.38. The molecule has 0 amide bonds. The van der Waals surface area contributed by atoms with Crippen LogP contribution >= 0.6 is 0 Å². The molecule has 0 fully saturated rings. The summed E-state index contributed by atoms with van der Waals surface area (Å²) < 4.78 is 61.3. The summed E-state index contributed by atoms with van der Waals surface area (Å²) in [5.41, 5.74) is -0.295. The Kier molecular flexibility index (Phi) is 2.51. The van der Waals surface area contributed by atoms with Gasteiger partial charge in [-0.15, -0.1) is 0 Å². The summed E-state index contributed by atoms with van der Waals surface area (Å²) in [6.07, 6.45) is 0. The molecule has 0 radical (unpaired) electrons. The molecule has 25 heavy (non-hydrogen) atoms. The number of esters is 2. The molecule has 0 N–H and O–H groups in total. The van der Waals surface area contributed by atoms with Crippen LogP contribution in [-0.4, -0.2) is 11.9 Å². The Morgan fingerprint density at radius 3 is 1.48 bits per heavy atom. The number of carbonyl (C=O) groups excluding carboxylic acids is 2. The van der Waals surface area contributed by atoms with Crippen LogP contribution in [-0.2, 0) is 14.3 Å². The maximum atomic E-state index is 14.5. The second kappa shape index (κ2) is 4.36. The van der Waals surface area contributed by atoms with Crippen LogP contribution in [0.5, 0.6) is 0 Å². The maximum absolute atomic E-state index is 14.5. The molecule has 0 saturated carbocycles. The van der Waals surface area contributed by atoms with Gasteiger partial charge in [-0.25, -0.2) is 27.2 Å². The Hall–Kier alpha value is -2.96. The Labute approximate surface area is 137 Å². The molecule has 2 aromatic carbocycles. The van der Waals surface area contributed by atoms with Gasteiger partial charge in [0.2, 0.25) is 0 Å². The van der Waals surface area contributed by atoms with Gasteiger partial charge in [0.15, 0.2) is 23.3 Å². The second-order valence-electron chi connectivity index (χ2n) is 6.08. The molecule has 124 valence electrons. The fourth-order valence-electron chi connectivity index (χ4n) is 4.14. The Bertz CT molecular complexity index is 988. The van der Waals surface area contributed by atoms with Gasteiger partial charge in [0.25, 0.3) is 0 Å². The lowest BCUT2D eigenvalue weighted by atomic mass is 9.61. The van der Waals surface area contributed by atoms with Gasteiger partial charge in [-0.3, -0.25) is 0 Å². The number of benzene rings is 2. The molecular formula is C18H6F4O3. The van der Waals surface area contributed by atoms with Crippen molar-refractivity contribution in [1.82, 2.24) is 0 Å². The lowest BCUT2D eigenvalue weighted by Crippen LogP contribution is -2.32. The molecule has 3 aliphatic carbocycles. The Morgan fingerprint density at radius 2 is 1.08 bits per heavy atom. The number of cyclic esters (lactones) is 2. The van der Waals surface area contributed by atoms with Gasteiger partial charge in [0.05, 0.1) is 11.1 Å². The average molecular weight is 346 g/mol. The number of halogens is 4. The van der Waals surface area contributed by atoms with Gasteiger partial charge in [0, 0.05) is 23.0 Å². The summed E-state index contributed by atoms with van der Waals surface area (Å²) in [6, 6.07) is 6.40. The van der Waals surface area contributed by atoms with Gasteiger partial charge >= 0.3 is 11.9 Å². The molecule has 7 heteroatoms. The first kappa shape index (κ1) is 14.4. The molecule has 1 heterocycles. The summed E-state index contributed by atoms with van der Waals surface area (Å²) in [5.74, 6) is -11.4. The van der Waals surface area contributed by atoms with Crippen molar-refractivity contribution < 1.29 is 31.9 Å². The average Bonchev–Trinajstić information content (AvgIpc) is 2.92. The summed E-state index contributed by atoms with van der Waals surface area (Å²) in [7, 11) is 0. The quantitative estimate of drug-likeness (QED) is 0.242. The van der Waals surface area contributed by atoms with E-state index in [0.29, 0.717) is 11.1 Å². The summed E-state index contributed by atoms with van der Waals surface area (Å²) in [5, 5.41) is 0. The van der Waals surface area contributed by atoms with E-state index in [1.54, 1.807) is 24.3 Å². The van der Waals surface area contributed by atoms with Crippen molar-refractivity contribution in [2.45, 2.75) is 11.8 Å². The fourth-order valence-corrected chi connectivity index (χ4v) is 4.14. The maximum Gasteiger partial charge on any atom is 0.343 e. The van der Waals surface area contributed by atoms with Gasteiger partial charge in [-0.2, -0.15) is 0 Å². The van der Waals surface area contributed by atoms with Crippen LogP contribution in [0.4, 0.5) is 17.6 Å². The lowest BCUT2D eigenvalue weighted by Gasteiger charge is -2.39. The van der Waals surface area contributed by atoms with Crippen LogP contribution in [0.25, 0.3) is 0 Å². The van der Waals surface area contributed by atoms with E-state index < -0.39 is 58.2 Å². The fraction of sp³-hybridized carbons (Fsp3) is 0.111. The van der Waals surface area contributed by atoms with E-state index in [2.05, 4.69) is 4.74 Å². The smallest absolute Gasteiger partial charge is 0.343 e. The lowest BCUT2D eigenvalue weighted by molar-refractivity contribution is -0.151. The summed E-state index contributed by atoms with van der Waals surface area (Å²) in [6.45, 7) is 0. The molecule has 3 nitrogen and oxygen atoms in total. The van der Waals surface area contributed by atoms with E-state index >= 15 is 0 Å². The van der Waals surface area contributed by atoms with Gasteiger partial charge < -0.3 is 4.74 Å². The van der Waals surface area contributed by atoms with E-state index in [9.17, 15) is 27.2 Å². The number of carbonyl (C=O) groups is 2. The molecular weight excluding hydrogens is 340 g/mol. The van der Waals surface area contributed by atoms with Gasteiger partial charge in [-0.05, 0) is 11.1 Å². The zero-order chi connectivity index (χ0) is 17.6. The first-order valence-electron chi connectivity index (χ1n) is 7.38. The second-order valence-corrected chi connectivity index (χ2v) is 6.08. The summed E-state index contributed by atoms with van der Waals surface area (Å²) >= 11 is 0. The molecule has 2 bridgehead atoms. The third kappa shape index (κ3) is 1.47. The van der Waals surface area contributed by atoms with E-state index in [1.807, 2.05) is 0 Å². The largest absolute Gasteiger partial charge is 0.386 e. The predicted molar refractivity (Wildman–Crippen MR) is 74.5 cm³/mol. The molecule has 0 unspecified atom stereocenters. The SMILES string of the molecule is O=C1OC(=O)C2=C1[C@@H]1c3ccccc3[C@H]2c2c(F)c(F)c(F)c(F)c21. The van der Waals surface area contributed by atoms with E-state index in [4.69, 9.17) is 0 Å². The zero-order valence-corrected chi connectivity index (χ0v) is 12.2. The van der Waals surface area contributed by atoms with Crippen molar-refractivity contribution in [2.75, 3.05) is 0 Å². The molecule has 0 spiro atoms. The van der Waals surface area contributed by atoms with E-state index in [1.165, 1.54) is 0 Å². The van der Waals surface area contributed by atoms with Crippen LogP contribution in [0, 0.1) is 23.3 Å². The highest BCUT2D eigenvalue weighted by molar-refractivity contribution is 6.16. The van der Waals surface area contributed by atoms with Crippen LogP contribution in [0.2, 0.25) is 0 Å². The van der Waals surface area contributed by atoms with Crippen molar-refractivity contribution in [3.8, 4) is 0 Å². The predicted octanol–water partition coefficient (Wildman–Crippen LogP) is 3.21. The molecule has 1 aliphatic heterocycles. The Balaban J connectivity index is 1.97. The molecule has 4 aliphatic rings. The molecule has 0 saturated heterocycles. The molecule has 2 aromatic rings. The van der Waals surface area contributed by atoms with Gasteiger partial charge in [0.1, 0.15) is 0 Å². The minimum absolute atomic E-state index is 0.134. The van der Waals surface area contributed by atoms with Crippen LogP contribution in [0.1, 0.15) is 34.1 Å². The zero-order valence-electron chi connectivity index (χ0n) is 12.2. The number of hydrogen-bond acceptors (Lipinski definition) is 3. The third-order valence-corrected chi connectivity index (χ3v) is 5.03. The highest BCUT2D eigenvalue weighted by atomic mass is 19.2. The standard InChI is InChI=1S/C18H6F4O3/c19-13-9-7-5-3-1-2-4-6(5)8(10(9)14(20)16(22)15(13)21)12-11(7)17(23)25-18(12)24/h1-4,7-8H/t7-,8+. The van der Waals surface area contributed by atoms with Crippen molar-refractivity contribution >= 4 is 11.9 Å². The van der Waals surface area contributed by atoms with Crippen molar-refractivity contribution in [2.24, 2.45) is 0 Å². The molecule has 2 atom stereocenters. The molecule has 6 rings (SSSR count). The molecule has 0 aromatic heterocycles. The first-order chi connectivity index (χ1) is 11.9. The van der Waals surface area contributed by atoms with Crippen LogP contribution in [0.3, 0.4) is 0 Å². The van der Waals surface area contributed by atoms with E-state index in [0.717, 1.165) is 0 Å². The number of rotatable bonds is 0. The highest BCUT2D eigenvalue weighted by Gasteiger charge is 2.55. The van der Waals surface area contributed by atoms with Crippen LogP contribution in [0.15, 0.2) is 35.4 Å². The normalized spacial score (nSPS) is 22.7. The van der Waals surface area contributed by atoms with E-state index in [-0.39, 0.29) is 11.1 Å². The minimum Gasteiger partial charge on any atom is -0.386 e. The third-order valence-electron chi connectivity index (χ3n) is 5.03.